The van der Waals surface area contributed by atoms with Crippen molar-refractivity contribution >= 4 is 9.52 Å². The molecule has 0 aromatic carbocycles. The first-order valence-electron chi connectivity index (χ1n) is 4.83. The summed E-state index contributed by atoms with van der Waals surface area (Å²) < 4.78 is 0. The lowest BCUT2D eigenvalue weighted by Gasteiger charge is -2.09. The van der Waals surface area contributed by atoms with E-state index in [4.69, 9.17) is 0 Å². The molecule has 0 aromatic heterocycles. The first kappa shape index (κ1) is 10.2. The van der Waals surface area contributed by atoms with Crippen molar-refractivity contribution in [2.45, 2.75) is 12.1 Å². The summed E-state index contributed by atoms with van der Waals surface area (Å²) in [5.74, 6) is 0. The summed E-state index contributed by atoms with van der Waals surface area (Å²) in [7, 11) is 1.13. The Labute approximate surface area is 77.5 Å². The van der Waals surface area contributed by atoms with Gasteiger partial charge in [-0.25, -0.2) is 0 Å². The average Bonchev–Trinajstić information content (AvgIpc) is 2.05. The van der Waals surface area contributed by atoms with E-state index in [1.165, 1.54) is 25.2 Å². The van der Waals surface area contributed by atoms with Crippen LogP contribution in [0.5, 0.6) is 0 Å². The van der Waals surface area contributed by atoms with Gasteiger partial charge in [0.2, 0.25) is 0 Å². The summed E-state index contributed by atoms with van der Waals surface area (Å²) in [5.41, 5.74) is 0. The maximum Gasteiger partial charge on any atom is 0.0404 e. The summed E-state index contributed by atoms with van der Waals surface area (Å²) in [6.07, 6.45) is 0. The second-order valence-corrected chi connectivity index (χ2v) is 4.50. The van der Waals surface area contributed by atoms with Crippen molar-refractivity contribution in [2.24, 2.45) is 0 Å². The minimum atomic E-state index is 1.10. The summed E-state index contributed by atoms with van der Waals surface area (Å²) in [4.78, 5) is 0. The molecule has 0 aliphatic carbocycles. The van der Waals surface area contributed by atoms with Crippen LogP contribution >= 0.6 is 0 Å². The predicted octanol–water partition coefficient (Wildman–Crippen LogP) is -0.690. The normalized spacial score (nSPS) is 24.0. The van der Waals surface area contributed by atoms with Gasteiger partial charge in [-0.1, -0.05) is 0 Å². The molecule has 1 heterocycles. The average molecular weight is 185 g/mol. The van der Waals surface area contributed by atoms with E-state index in [0.29, 0.717) is 0 Å². The van der Waals surface area contributed by atoms with E-state index in [2.05, 4.69) is 16.0 Å². The zero-order valence-corrected chi connectivity index (χ0v) is 8.66. The van der Waals surface area contributed by atoms with Crippen molar-refractivity contribution < 1.29 is 0 Å². The van der Waals surface area contributed by atoms with Gasteiger partial charge < -0.3 is 16.0 Å². The van der Waals surface area contributed by atoms with Gasteiger partial charge in [0, 0.05) is 35.7 Å². The number of rotatable bonds is 0. The van der Waals surface area contributed by atoms with Crippen LogP contribution < -0.4 is 16.0 Å². The van der Waals surface area contributed by atoms with Crippen LogP contribution in [0.2, 0.25) is 12.1 Å². The lowest BCUT2D eigenvalue weighted by Crippen LogP contribution is -2.34. The molecule has 1 fully saturated rings. The van der Waals surface area contributed by atoms with Crippen LogP contribution in [0, 0.1) is 0 Å². The lowest BCUT2D eigenvalue weighted by molar-refractivity contribution is 0.591. The maximum atomic E-state index is 3.43. The molecule has 0 unspecified atom stereocenters. The molecule has 1 aliphatic heterocycles. The van der Waals surface area contributed by atoms with Crippen LogP contribution in [0.4, 0.5) is 0 Å². The molecule has 0 saturated carbocycles. The number of nitrogens with one attached hydrogen (secondary N) is 3. The van der Waals surface area contributed by atoms with Crippen molar-refractivity contribution in [1.29, 1.82) is 0 Å². The molecule has 1 aliphatic rings. The molecule has 0 bridgehead atoms. The molecule has 1 saturated heterocycles. The third kappa shape index (κ3) is 5.71. The lowest BCUT2D eigenvalue weighted by atomic mass is 10.5. The van der Waals surface area contributed by atoms with E-state index >= 15 is 0 Å². The fraction of sp³-hybridized carbons (Fsp3) is 1.00. The Morgan fingerprint density at radius 3 is 1.50 bits per heavy atom. The molecular weight excluding hydrogens is 166 g/mol. The highest BCUT2D eigenvalue weighted by Gasteiger charge is 1.94. The quantitative estimate of drug-likeness (QED) is 0.437. The largest absolute Gasteiger partial charge is 0.316 e. The molecule has 12 heavy (non-hydrogen) atoms. The Hall–Kier alpha value is 0.0969. The third-order valence-electron chi connectivity index (χ3n) is 1.91. The molecular formula is C8H19N3Si. The van der Waals surface area contributed by atoms with Gasteiger partial charge in [0.05, 0.1) is 0 Å². The highest BCUT2D eigenvalue weighted by Crippen LogP contribution is 1.83. The minimum Gasteiger partial charge on any atom is -0.316 e. The van der Waals surface area contributed by atoms with Gasteiger partial charge in [-0.2, -0.15) is 0 Å². The Kier molecular flexibility index (Phi) is 6.56. The standard InChI is InChI=1S/C8H19N3Si/c1-3-10-5-7-12-8-6-11-4-2-9-1/h9-11H,1-8H2. The summed E-state index contributed by atoms with van der Waals surface area (Å²) >= 11 is 0. The third-order valence-corrected chi connectivity index (χ3v) is 3.12. The van der Waals surface area contributed by atoms with Gasteiger partial charge in [-0.05, 0) is 25.2 Å². The van der Waals surface area contributed by atoms with Crippen LogP contribution in [-0.2, 0) is 0 Å². The van der Waals surface area contributed by atoms with Crippen molar-refractivity contribution in [3.05, 3.63) is 0 Å². The monoisotopic (exact) mass is 185 g/mol. The van der Waals surface area contributed by atoms with Crippen LogP contribution in [0.25, 0.3) is 0 Å². The predicted molar refractivity (Wildman–Crippen MR) is 54.0 cm³/mol. The first-order valence-corrected chi connectivity index (χ1v) is 6.24. The molecule has 4 heteroatoms. The van der Waals surface area contributed by atoms with Gasteiger partial charge >= 0.3 is 0 Å². The van der Waals surface area contributed by atoms with Crippen LogP contribution in [0.3, 0.4) is 0 Å². The fourth-order valence-electron chi connectivity index (χ4n) is 1.21. The van der Waals surface area contributed by atoms with E-state index in [1.807, 2.05) is 0 Å². The van der Waals surface area contributed by atoms with E-state index in [0.717, 1.165) is 35.7 Å². The minimum absolute atomic E-state index is 1.10. The Balaban J connectivity index is 2.00. The van der Waals surface area contributed by atoms with Crippen molar-refractivity contribution in [3.63, 3.8) is 0 Å². The zero-order chi connectivity index (χ0) is 8.49. The molecule has 3 nitrogen and oxygen atoms in total. The van der Waals surface area contributed by atoms with Gasteiger partial charge in [0.15, 0.2) is 0 Å². The number of hydrogen-bond acceptors (Lipinski definition) is 3. The van der Waals surface area contributed by atoms with E-state index in [1.54, 1.807) is 0 Å². The first-order chi connectivity index (χ1) is 6.00. The molecule has 70 valence electrons. The molecule has 0 spiro atoms. The molecule has 1 rings (SSSR count). The fourth-order valence-corrected chi connectivity index (χ4v) is 2.16. The van der Waals surface area contributed by atoms with E-state index in [-0.39, 0.29) is 0 Å². The molecule has 0 amide bonds. The highest BCUT2D eigenvalue weighted by atomic mass is 28.2. The Morgan fingerprint density at radius 1 is 0.583 bits per heavy atom. The SMILES string of the molecule is C1CNCC[Si]CCNCCN1. The molecule has 0 atom stereocenters. The summed E-state index contributed by atoms with van der Waals surface area (Å²) in [6.45, 7) is 6.82. The van der Waals surface area contributed by atoms with Gasteiger partial charge in [0.25, 0.3) is 0 Å². The van der Waals surface area contributed by atoms with Crippen molar-refractivity contribution in [2.75, 3.05) is 39.3 Å². The maximum absolute atomic E-state index is 3.43. The Morgan fingerprint density at radius 2 is 1.00 bits per heavy atom. The van der Waals surface area contributed by atoms with E-state index < -0.39 is 0 Å². The molecule has 0 aromatic rings. The van der Waals surface area contributed by atoms with Crippen molar-refractivity contribution in [1.82, 2.24) is 16.0 Å². The van der Waals surface area contributed by atoms with Gasteiger partial charge in [-0.3, -0.25) is 0 Å². The second-order valence-electron chi connectivity index (χ2n) is 3.00. The van der Waals surface area contributed by atoms with Crippen molar-refractivity contribution in [3.8, 4) is 0 Å². The second kappa shape index (κ2) is 7.73. The Bertz CT molecular complexity index is 57.3. The topological polar surface area (TPSA) is 36.1 Å². The zero-order valence-electron chi connectivity index (χ0n) is 7.66. The molecule has 2 radical (unpaired) electrons. The number of hydrogen-bond donors (Lipinski definition) is 3. The smallest absolute Gasteiger partial charge is 0.0404 e. The summed E-state index contributed by atoms with van der Waals surface area (Å²) in [5, 5.41) is 10.2. The van der Waals surface area contributed by atoms with Crippen LogP contribution in [0.15, 0.2) is 0 Å². The molecule has 3 N–H and O–H groups in total. The highest BCUT2D eigenvalue weighted by molar-refractivity contribution is 6.35. The van der Waals surface area contributed by atoms with Crippen LogP contribution in [0.1, 0.15) is 0 Å². The summed E-state index contributed by atoms with van der Waals surface area (Å²) in [6, 6.07) is 2.70. The van der Waals surface area contributed by atoms with Gasteiger partial charge in [-0.15, -0.1) is 0 Å². The van der Waals surface area contributed by atoms with Gasteiger partial charge in [0.1, 0.15) is 0 Å². The van der Waals surface area contributed by atoms with E-state index in [9.17, 15) is 0 Å². The van der Waals surface area contributed by atoms with Crippen LogP contribution in [-0.4, -0.2) is 48.8 Å².